The monoisotopic (exact) mass is 250 g/mol. The molecule has 1 atom stereocenters. The zero-order valence-electron chi connectivity index (χ0n) is 6.65. The summed E-state index contributed by atoms with van der Waals surface area (Å²) in [6.07, 6.45) is 0.617. The van der Waals surface area contributed by atoms with E-state index in [1.807, 2.05) is 6.92 Å². The van der Waals surface area contributed by atoms with Gasteiger partial charge in [-0.2, -0.15) is 0 Å². The van der Waals surface area contributed by atoms with Crippen molar-refractivity contribution in [2.45, 2.75) is 18.2 Å². The van der Waals surface area contributed by atoms with Crippen molar-refractivity contribution in [1.29, 1.82) is 0 Å². The Morgan fingerprint density at radius 1 is 1.58 bits per heavy atom. The summed E-state index contributed by atoms with van der Waals surface area (Å²) in [6, 6.07) is 4.74. The number of halogens is 3. The maximum absolute atomic E-state index is 13.1. The summed E-state index contributed by atoms with van der Waals surface area (Å²) in [5.41, 5.74) is 0.587. The standard InChI is InChI=1S/C9H9BrClF/c1-6(10)5-7-8(11)3-2-4-9(7)12/h2-4,6H,5H2,1H3. The molecule has 0 saturated carbocycles. The molecule has 3 heteroatoms. The Morgan fingerprint density at radius 2 is 2.25 bits per heavy atom. The van der Waals surface area contributed by atoms with Gasteiger partial charge in [-0.25, -0.2) is 4.39 Å². The molecule has 0 aliphatic heterocycles. The van der Waals surface area contributed by atoms with Gasteiger partial charge in [-0.15, -0.1) is 0 Å². The number of hydrogen-bond acceptors (Lipinski definition) is 0. The minimum Gasteiger partial charge on any atom is -0.207 e. The number of benzene rings is 1. The zero-order valence-corrected chi connectivity index (χ0v) is 8.99. The molecule has 0 saturated heterocycles. The van der Waals surface area contributed by atoms with E-state index in [4.69, 9.17) is 11.6 Å². The van der Waals surface area contributed by atoms with Gasteiger partial charge in [-0.3, -0.25) is 0 Å². The van der Waals surface area contributed by atoms with Crippen molar-refractivity contribution in [2.75, 3.05) is 0 Å². The van der Waals surface area contributed by atoms with Gasteiger partial charge in [0, 0.05) is 15.4 Å². The summed E-state index contributed by atoms with van der Waals surface area (Å²) < 4.78 is 13.1. The van der Waals surface area contributed by atoms with Gasteiger partial charge < -0.3 is 0 Å². The van der Waals surface area contributed by atoms with E-state index >= 15 is 0 Å². The molecule has 1 rings (SSSR count). The third-order valence-electron chi connectivity index (χ3n) is 1.55. The summed E-state index contributed by atoms with van der Waals surface area (Å²) in [4.78, 5) is 0.242. The molecule has 0 spiro atoms. The lowest BCUT2D eigenvalue weighted by Gasteiger charge is -2.06. The van der Waals surface area contributed by atoms with Crippen molar-refractivity contribution in [3.05, 3.63) is 34.6 Å². The molecule has 12 heavy (non-hydrogen) atoms. The molecule has 0 aliphatic rings. The second-order valence-electron chi connectivity index (χ2n) is 2.69. The minimum atomic E-state index is -0.228. The highest BCUT2D eigenvalue weighted by atomic mass is 79.9. The van der Waals surface area contributed by atoms with Crippen LogP contribution in [0.15, 0.2) is 18.2 Å². The molecule has 0 aromatic heterocycles. The lowest BCUT2D eigenvalue weighted by molar-refractivity contribution is 0.609. The van der Waals surface area contributed by atoms with Crippen LogP contribution in [0.2, 0.25) is 5.02 Å². The van der Waals surface area contributed by atoms with Gasteiger partial charge in [0.2, 0.25) is 0 Å². The first kappa shape index (κ1) is 10.0. The molecule has 0 radical (unpaired) electrons. The maximum Gasteiger partial charge on any atom is 0.127 e. The largest absolute Gasteiger partial charge is 0.207 e. The third-order valence-corrected chi connectivity index (χ3v) is 2.22. The topological polar surface area (TPSA) is 0 Å². The van der Waals surface area contributed by atoms with Crippen molar-refractivity contribution < 1.29 is 4.39 Å². The predicted molar refractivity (Wildman–Crippen MR) is 53.5 cm³/mol. The molecule has 1 unspecified atom stereocenters. The molecule has 0 heterocycles. The van der Waals surface area contributed by atoms with E-state index in [1.54, 1.807) is 12.1 Å². The average Bonchev–Trinajstić information content (AvgIpc) is 1.97. The van der Waals surface area contributed by atoms with Crippen molar-refractivity contribution in [3.8, 4) is 0 Å². The Kier molecular flexibility index (Phi) is 3.53. The van der Waals surface area contributed by atoms with Crippen molar-refractivity contribution in [2.24, 2.45) is 0 Å². The molecule has 1 aromatic carbocycles. The van der Waals surface area contributed by atoms with Crippen LogP contribution < -0.4 is 0 Å². The Hall–Kier alpha value is -0.0800. The molecule has 0 aliphatic carbocycles. The highest BCUT2D eigenvalue weighted by Crippen LogP contribution is 2.22. The first-order chi connectivity index (χ1) is 5.61. The van der Waals surface area contributed by atoms with Crippen LogP contribution in [0.25, 0.3) is 0 Å². The Labute approximate surface area is 84.9 Å². The van der Waals surface area contributed by atoms with Crippen LogP contribution >= 0.6 is 27.5 Å². The number of hydrogen-bond donors (Lipinski definition) is 0. The van der Waals surface area contributed by atoms with Crippen LogP contribution in [0.5, 0.6) is 0 Å². The summed E-state index contributed by atoms with van der Waals surface area (Å²) in [5.74, 6) is -0.228. The first-order valence-electron chi connectivity index (χ1n) is 3.68. The van der Waals surface area contributed by atoms with E-state index in [2.05, 4.69) is 15.9 Å². The second kappa shape index (κ2) is 4.24. The smallest absolute Gasteiger partial charge is 0.127 e. The van der Waals surface area contributed by atoms with Gasteiger partial charge >= 0.3 is 0 Å². The van der Waals surface area contributed by atoms with E-state index < -0.39 is 0 Å². The van der Waals surface area contributed by atoms with E-state index in [-0.39, 0.29) is 10.6 Å². The first-order valence-corrected chi connectivity index (χ1v) is 4.97. The average molecular weight is 252 g/mol. The van der Waals surface area contributed by atoms with Gasteiger partial charge in [0.25, 0.3) is 0 Å². The maximum atomic E-state index is 13.1. The fraction of sp³-hybridized carbons (Fsp3) is 0.333. The summed E-state index contributed by atoms with van der Waals surface area (Å²) in [6.45, 7) is 1.96. The van der Waals surface area contributed by atoms with E-state index in [0.717, 1.165) is 0 Å². The fourth-order valence-electron chi connectivity index (χ4n) is 1.01. The Balaban J connectivity index is 2.96. The van der Waals surface area contributed by atoms with Gasteiger partial charge in [0.05, 0.1) is 0 Å². The van der Waals surface area contributed by atoms with Crippen LogP contribution in [0.4, 0.5) is 4.39 Å². The van der Waals surface area contributed by atoms with Crippen molar-refractivity contribution in [1.82, 2.24) is 0 Å². The molecular formula is C9H9BrClF. The highest BCUT2D eigenvalue weighted by molar-refractivity contribution is 9.09. The van der Waals surface area contributed by atoms with Crippen molar-refractivity contribution >= 4 is 27.5 Å². The van der Waals surface area contributed by atoms with Gasteiger partial charge in [0.15, 0.2) is 0 Å². The van der Waals surface area contributed by atoms with E-state index in [9.17, 15) is 4.39 Å². The SMILES string of the molecule is CC(Br)Cc1c(F)cccc1Cl. The van der Waals surface area contributed by atoms with Crippen LogP contribution in [0.1, 0.15) is 12.5 Å². The third kappa shape index (κ3) is 2.46. The quantitative estimate of drug-likeness (QED) is 0.701. The second-order valence-corrected chi connectivity index (χ2v) is 4.66. The fourth-order valence-corrected chi connectivity index (χ4v) is 1.57. The lowest BCUT2D eigenvalue weighted by Crippen LogP contribution is -2.00. The van der Waals surface area contributed by atoms with Gasteiger partial charge in [-0.1, -0.05) is 40.5 Å². The highest BCUT2D eigenvalue weighted by Gasteiger charge is 2.08. The molecule has 0 nitrogen and oxygen atoms in total. The van der Waals surface area contributed by atoms with Crippen LogP contribution in [0.3, 0.4) is 0 Å². The normalized spacial score (nSPS) is 13.0. The summed E-state index contributed by atoms with van der Waals surface area (Å²) in [5, 5.41) is 0.501. The zero-order chi connectivity index (χ0) is 9.14. The molecule has 0 amide bonds. The molecule has 0 fully saturated rings. The number of rotatable bonds is 2. The Morgan fingerprint density at radius 3 is 2.75 bits per heavy atom. The molecule has 0 N–H and O–H groups in total. The van der Waals surface area contributed by atoms with Crippen molar-refractivity contribution in [3.63, 3.8) is 0 Å². The summed E-state index contributed by atoms with van der Waals surface area (Å²) >= 11 is 9.17. The van der Waals surface area contributed by atoms with Gasteiger partial charge in [0.1, 0.15) is 5.82 Å². The van der Waals surface area contributed by atoms with E-state index in [1.165, 1.54) is 6.07 Å². The number of alkyl halides is 1. The minimum absolute atomic E-state index is 0.228. The lowest BCUT2D eigenvalue weighted by atomic mass is 10.1. The molecule has 0 bridgehead atoms. The van der Waals surface area contributed by atoms with Crippen LogP contribution in [-0.2, 0) is 6.42 Å². The molecular weight excluding hydrogens is 242 g/mol. The van der Waals surface area contributed by atoms with Gasteiger partial charge in [-0.05, 0) is 18.6 Å². The molecule has 1 aromatic rings. The van der Waals surface area contributed by atoms with E-state index in [0.29, 0.717) is 17.0 Å². The van der Waals surface area contributed by atoms with Crippen LogP contribution in [0, 0.1) is 5.82 Å². The predicted octanol–water partition coefficient (Wildman–Crippen LogP) is 3.81. The molecule has 66 valence electrons. The summed E-state index contributed by atoms with van der Waals surface area (Å²) in [7, 11) is 0. The Bertz CT molecular complexity index is 253. The van der Waals surface area contributed by atoms with Crippen LogP contribution in [-0.4, -0.2) is 4.83 Å².